The Morgan fingerprint density at radius 1 is 1.20 bits per heavy atom. The lowest BCUT2D eigenvalue weighted by Crippen LogP contribution is -2.72. The van der Waals surface area contributed by atoms with E-state index in [1.54, 1.807) is 0 Å². The number of nitrogens with one attached hydrogen (secondary N) is 4. The number of carbonyl (C=O) groups is 6. The maximum Gasteiger partial charge on any atom is 0.350 e. The summed E-state index contributed by atoms with van der Waals surface area (Å²) >= 11 is 0.978. The van der Waals surface area contributed by atoms with Gasteiger partial charge in [0, 0.05) is 18.5 Å². The molecule has 0 bridgehead atoms. The summed E-state index contributed by atoms with van der Waals surface area (Å²) in [7, 11) is 0. The zero-order valence-electron chi connectivity index (χ0n) is 21.0. The van der Waals surface area contributed by atoms with Crippen molar-refractivity contribution < 1.29 is 48.9 Å². The number of oxime groups is 1. The Morgan fingerprint density at radius 2 is 1.88 bits per heavy atom. The standard InChI is InChI=1S/C22H25N7O10S/c1-22(2,20(37)38)39-29-15(10-7-40-21(23)27-10)17(34)28-14-9(26-16(14)33)6-25-19(36)18(35)24-5-8-3-12(31)13(32)4-11(8)30/h3-4,7,9,11,14,30,32H,5-6H2,1-2H3,(H2,23,27)(H,24,35)(H,25,36)(H,26,33)(H,28,34)(H,37,38)/b29-15-/t9-,11?,14+/m1/s1. The Kier molecular flexibility index (Phi) is 8.85. The van der Waals surface area contributed by atoms with Crippen LogP contribution in [0.5, 0.6) is 0 Å². The van der Waals surface area contributed by atoms with Crippen LogP contribution in [0.4, 0.5) is 5.13 Å². The molecule has 1 aromatic rings. The van der Waals surface area contributed by atoms with Crippen molar-refractivity contribution in [2.45, 2.75) is 37.6 Å². The maximum absolute atomic E-state index is 12.9. The zero-order chi connectivity index (χ0) is 29.8. The van der Waals surface area contributed by atoms with Gasteiger partial charge in [-0.05, 0) is 31.6 Å². The Morgan fingerprint density at radius 3 is 2.48 bits per heavy atom. The second-order valence-corrected chi connectivity index (χ2v) is 9.85. The van der Waals surface area contributed by atoms with Crippen LogP contribution in [0.1, 0.15) is 19.5 Å². The van der Waals surface area contributed by atoms with E-state index in [1.165, 1.54) is 19.2 Å². The first-order valence-corrected chi connectivity index (χ1v) is 12.3. The summed E-state index contributed by atoms with van der Waals surface area (Å²) in [4.78, 5) is 81.1. The van der Waals surface area contributed by atoms with Crippen LogP contribution in [-0.2, 0) is 33.6 Å². The second-order valence-electron chi connectivity index (χ2n) is 8.96. The summed E-state index contributed by atoms with van der Waals surface area (Å²) in [5, 5.41) is 42.8. The number of amides is 4. The van der Waals surface area contributed by atoms with Gasteiger partial charge in [0.25, 0.3) is 5.91 Å². The van der Waals surface area contributed by atoms with Gasteiger partial charge in [0.15, 0.2) is 16.6 Å². The highest BCUT2D eigenvalue weighted by atomic mass is 32.1. The number of nitrogen functional groups attached to an aromatic ring is 1. The van der Waals surface area contributed by atoms with E-state index < -0.39 is 70.6 Å². The summed E-state index contributed by atoms with van der Waals surface area (Å²) in [5.41, 5.74) is 3.37. The Labute approximate surface area is 229 Å². The first-order valence-electron chi connectivity index (χ1n) is 11.4. The van der Waals surface area contributed by atoms with Crippen LogP contribution in [0, 0.1) is 0 Å². The second kappa shape index (κ2) is 11.9. The molecular weight excluding hydrogens is 554 g/mol. The van der Waals surface area contributed by atoms with Gasteiger partial charge in [-0.3, -0.25) is 24.0 Å². The minimum absolute atomic E-state index is 0.0342. The molecule has 3 atom stereocenters. The number of aliphatic hydroxyl groups excluding tert-OH is 2. The lowest BCUT2D eigenvalue weighted by Gasteiger charge is -2.37. The number of carbonyl (C=O) groups excluding carboxylic acids is 5. The molecule has 0 saturated carbocycles. The predicted molar refractivity (Wildman–Crippen MR) is 136 cm³/mol. The molecule has 214 valence electrons. The molecule has 17 nitrogen and oxygen atoms in total. The monoisotopic (exact) mass is 579 g/mol. The number of carboxylic acids is 1. The van der Waals surface area contributed by atoms with E-state index in [-0.39, 0.29) is 29.5 Å². The molecule has 1 unspecified atom stereocenters. The van der Waals surface area contributed by atoms with Crippen LogP contribution in [-0.4, -0.2) is 98.3 Å². The molecule has 4 amide bonds. The first-order chi connectivity index (χ1) is 18.7. The number of rotatable bonds is 10. The molecule has 40 heavy (non-hydrogen) atoms. The number of thiazole rings is 1. The van der Waals surface area contributed by atoms with Gasteiger partial charge in [-0.25, -0.2) is 9.78 Å². The summed E-state index contributed by atoms with van der Waals surface area (Å²) in [6.07, 6.45) is 0.488. The van der Waals surface area contributed by atoms with E-state index in [4.69, 9.17) is 10.6 Å². The maximum atomic E-state index is 12.9. The normalized spacial score (nSPS) is 20.8. The SMILES string of the molecule is CC(C)(O/N=C(\C(=O)N[C@@H]1C(=O)N[C@@H]1CNC(=O)C(=O)NCC1=CC(=O)C(O)=CC1O)c1csc(N)n1)C(=O)O. The lowest BCUT2D eigenvalue weighted by molar-refractivity contribution is -0.161. The molecule has 1 aliphatic carbocycles. The van der Waals surface area contributed by atoms with E-state index in [2.05, 4.69) is 31.4 Å². The molecule has 18 heteroatoms. The number of anilines is 1. The molecule has 1 aromatic heterocycles. The Bertz CT molecular complexity index is 1350. The van der Waals surface area contributed by atoms with Crippen LogP contribution in [0.2, 0.25) is 0 Å². The van der Waals surface area contributed by atoms with Crippen molar-refractivity contribution in [2.24, 2.45) is 5.16 Å². The van der Waals surface area contributed by atoms with Gasteiger partial charge in [-0.2, -0.15) is 0 Å². The number of aliphatic carboxylic acids is 1. The van der Waals surface area contributed by atoms with Gasteiger partial charge in [-0.1, -0.05) is 5.16 Å². The van der Waals surface area contributed by atoms with E-state index >= 15 is 0 Å². The number of β-lactam (4-membered cyclic amide) rings is 1. The van der Waals surface area contributed by atoms with Crippen LogP contribution in [0.25, 0.3) is 0 Å². The van der Waals surface area contributed by atoms with Crippen molar-refractivity contribution in [1.29, 1.82) is 0 Å². The van der Waals surface area contributed by atoms with Gasteiger partial charge in [0.05, 0.1) is 12.1 Å². The molecule has 0 aromatic carbocycles. The third kappa shape index (κ3) is 6.97. The number of aromatic nitrogens is 1. The first kappa shape index (κ1) is 29.7. The van der Waals surface area contributed by atoms with Crippen LogP contribution < -0.4 is 27.0 Å². The third-order valence-electron chi connectivity index (χ3n) is 5.57. The van der Waals surface area contributed by atoms with Crippen molar-refractivity contribution in [2.75, 3.05) is 18.8 Å². The lowest BCUT2D eigenvalue weighted by atomic mass is 9.98. The van der Waals surface area contributed by atoms with Crippen molar-refractivity contribution in [1.82, 2.24) is 26.3 Å². The van der Waals surface area contributed by atoms with Crippen molar-refractivity contribution in [3.8, 4) is 0 Å². The number of hydrogen-bond donors (Lipinski definition) is 8. The average Bonchev–Trinajstić information content (AvgIpc) is 3.31. The van der Waals surface area contributed by atoms with Crippen LogP contribution >= 0.6 is 11.3 Å². The van der Waals surface area contributed by atoms with Gasteiger partial charge < -0.3 is 47.2 Å². The van der Waals surface area contributed by atoms with E-state index in [0.717, 1.165) is 23.5 Å². The minimum Gasteiger partial charge on any atom is -0.504 e. The van der Waals surface area contributed by atoms with E-state index in [1.807, 2.05) is 0 Å². The molecule has 9 N–H and O–H groups in total. The Hall–Kier alpha value is -4.84. The topological polar surface area (TPSA) is 272 Å². The van der Waals surface area contributed by atoms with Crippen molar-refractivity contribution in [3.05, 3.63) is 34.6 Å². The molecule has 2 heterocycles. The minimum atomic E-state index is -1.80. The quantitative estimate of drug-likeness (QED) is 0.0590. The number of nitrogens with zero attached hydrogens (tertiary/aromatic N) is 2. The fourth-order valence-corrected chi connectivity index (χ4v) is 3.70. The summed E-state index contributed by atoms with van der Waals surface area (Å²) in [6.45, 7) is 1.77. The van der Waals surface area contributed by atoms with Crippen LogP contribution in [0.15, 0.2) is 34.0 Å². The highest BCUT2D eigenvalue weighted by molar-refractivity contribution is 7.13. The summed E-state index contributed by atoms with van der Waals surface area (Å²) in [5.74, 6) is -6.55. The molecule has 1 fully saturated rings. The highest BCUT2D eigenvalue weighted by Crippen LogP contribution is 2.16. The average molecular weight is 580 g/mol. The number of nitrogens with two attached hydrogens (primary N) is 1. The number of hydrogen-bond acceptors (Lipinski definition) is 13. The summed E-state index contributed by atoms with van der Waals surface area (Å²) < 4.78 is 0. The number of allylic oxidation sites excluding steroid dienone is 1. The molecule has 0 radical (unpaired) electrons. The number of ketones is 1. The fraction of sp³-hybridized carbons (Fsp3) is 0.364. The molecule has 3 rings (SSSR count). The molecule has 1 aliphatic heterocycles. The fourth-order valence-electron chi connectivity index (χ4n) is 3.15. The van der Waals surface area contributed by atoms with Crippen LogP contribution in [0.3, 0.4) is 0 Å². The predicted octanol–water partition coefficient (Wildman–Crippen LogP) is -3.16. The third-order valence-corrected chi connectivity index (χ3v) is 6.24. The molecular formula is C22H25N7O10S. The van der Waals surface area contributed by atoms with E-state index in [0.29, 0.717) is 0 Å². The summed E-state index contributed by atoms with van der Waals surface area (Å²) in [6, 6.07) is -2.00. The number of carboxylic acid groups (broad SMARTS) is 1. The van der Waals surface area contributed by atoms with Gasteiger partial charge in [0.1, 0.15) is 11.7 Å². The van der Waals surface area contributed by atoms with Crippen molar-refractivity contribution in [3.63, 3.8) is 0 Å². The smallest absolute Gasteiger partial charge is 0.350 e. The molecule has 2 aliphatic rings. The molecule has 0 spiro atoms. The highest BCUT2D eigenvalue weighted by Gasteiger charge is 2.42. The number of aliphatic hydroxyl groups is 2. The molecule has 1 saturated heterocycles. The van der Waals surface area contributed by atoms with Gasteiger partial charge in [-0.15, -0.1) is 11.3 Å². The van der Waals surface area contributed by atoms with Gasteiger partial charge in [0.2, 0.25) is 17.3 Å². The van der Waals surface area contributed by atoms with E-state index in [9.17, 15) is 44.1 Å². The largest absolute Gasteiger partial charge is 0.504 e. The van der Waals surface area contributed by atoms with Gasteiger partial charge >= 0.3 is 17.8 Å². The Balaban J connectivity index is 1.58. The van der Waals surface area contributed by atoms with Crippen molar-refractivity contribution >= 4 is 57.6 Å². The zero-order valence-corrected chi connectivity index (χ0v) is 21.8.